The number of halogens is 1. The van der Waals surface area contributed by atoms with Crippen molar-refractivity contribution in [1.82, 2.24) is 30.5 Å². The summed E-state index contributed by atoms with van der Waals surface area (Å²) in [5.74, 6) is -0.461. The lowest BCUT2D eigenvalue weighted by atomic mass is 10.0. The maximum Gasteiger partial charge on any atom is 0.253 e. The number of anilines is 1. The predicted molar refractivity (Wildman–Crippen MR) is 156 cm³/mol. The Bertz CT molecular complexity index is 1500. The van der Waals surface area contributed by atoms with Gasteiger partial charge < -0.3 is 21.3 Å². The highest BCUT2D eigenvalue weighted by Crippen LogP contribution is 2.21. The van der Waals surface area contributed by atoms with Crippen molar-refractivity contribution in [3.8, 4) is 17.3 Å². The zero-order chi connectivity index (χ0) is 29.2. The summed E-state index contributed by atoms with van der Waals surface area (Å²) in [7, 11) is 4.07. The highest BCUT2D eigenvalue weighted by atomic mass is 19.1. The summed E-state index contributed by atoms with van der Waals surface area (Å²) >= 11 is 0. The lowest BCUT2D eigenvalue weighted by molar-refractivity contribution is 0.0935. The number of aromatic nitrogens is 3. The molecular weight excluding hydrogens is 519 g/mol. The second kappa shape index (κ2) is 14.1. The van der Waals surface area contributed by atoms with Crippen LogP contribution in [0.2, 0.25) is 0 Å². The summed E-state index contributed by atoms with van der Waals surface area (Å²) in [5.41, 5.74) is 10.5. The van der Waals surface area contributed by atoms with Crippen LogP contribution in [0, 0.1) is 17.1 Å². The Hall–Kier alpha value is -4.72. The van der Waals surface area contributed by atoms with Gasteiger partial charge in [-0.05, 0) is 68.9 Å². The Morgan fingerprint density at radius 1 is 1.15 bits per heavy atom. The van der Waals surface area contributed by atoms with E-state index in [0.717, 1.165) is 41.9 Å². The van der Waals surface area contributed by atoms with Crippen LogP contribution < -0.4 is 16.4 Å². The third-order valence-corrected chi connectivity index (χ3v) is 6.57. The van der Waals surface area contributed by atoms with Gasteiger partial charge in [-0.1, -0.05) is 30.3 Å². The van der Waals surface area contributed by atoms with Crippen molar-refractivity contribution in [2.24, 2.45) is 0 Å². The molecule has 0 aliphatic carbocycles. The van der Waals surface area contributed by atoms with Crippen LogP contribution in [0.3, 0.4) is 0 Å². The number of benzene rings is 2. The van der Waals surface area contributed by atoms with Gasteiger partial charge in [0.25, 0.3) is 5.91 Å². The maximum atomic E-state index is 14.0. The number of aryl methyl sites for hydroxylation is 1. The van der Waals surface area contributed by atoms with Crippen molar-refractivity contribution in [3.05, 3.63) is 107 Å². The number of amides is 1. The fraction of sp³-hybridized carbons (Fsp3) is 0.258. The molecule has 0 unspecified atom stereocenters. The molecule has 4 aromatic rings. The number of rotatable bonds is 12. The lowest BCUT2D eigenvalue weighted by Crippen LogP contribution is -2.35. The number of nitrogens with zero attached hydrogens (tertiary/aromatic N) is 5. The molecule has 4 N–H and O–H groups in total. The number of nitrogens with two attached hydrogens (primary N) is 1. The minimum Gasteiger partial charge on any atom is -0.382 e. The van der Waals surface area contributed by atoms with Crippen molar-refractivity contribution < 1.29 is 9.18 Å². The van der Waals surface area contributed by atoms with Gasteiger partial charge in [-0.15, -0.1) is 0 Å². The first-order chi connectivity index (χ1) is 19.8. The van der Waals surface area contributed by atoms with Crippen molar-refractivity contribution in [2.45, 2.75) is 25.4 Å². The van der Waals surface area contributed by atoms with E-state index < -0.39 is 11.9 Å². The predicted octanol–water partition coefficient (Wildman–Crippen LogP) is 3.89. The average Bonchev–Trinajstić information content (AvgIpc) is 2.98. The zero-order valence-electron chi connectivity index (χ0n) is 23.1. The van der Waals surface area contributed by atoms with Gasteiger partial charge in [0.05, 0.1) is 34.8 Å². The van der Waals surface area contributed by atoms with Crippen LogP contribution in [0.1, 0.15) is 45.2 Å². The Labute approximate surface area is 239 Å². The van der Waals surface area contributed by atoms with Gasteiger partial charge >= 0.3 is 0 Å². The van der Waals surface area contributed by atoms with Crippen LogP contribution in [0.25, 0.3) is 11.3 Å². The summed E-state index contributed by atoms with van der Waals surface area (Å²) in [5, 5.41) is 15.6. The van der Waals surface area contributed by atoms with E-state index in [4.69, 9.17) is 10.7 Å². The molecule has 0 spiro atoms. The molecule has 10 heteroatoms. The van der Waals surface area contributed by atoms with Crippen LogP contribution >= 0.6 is 0 Å². The molecule has 0 saturated heterocycles. The minimum absolute atomic E-state index is 0.0784. The minimum atomic E-state index is -0.604. The van der Waals surface area contributed by atoms with Gasteiger partial charge in [-0.3, -0.25) is 9.78 Å². The summed E-state index contributed by atoms with van der Waals surface area (Å²) in [6.07, 6.45) is 6.46. The van der Waals surface area contributed by atoms with E-state index in [1.165, 1.54) is 18.3 Å². The molecule has 9 nitrogen and oxygen atoms in total. The van der Waals surface area contributed by atoms with Crippen LogP contribution in [-0.4, -0.2) is 52.9 Å². The molecular formula is C31H33FN8O. The van der Waals surface area contributed by atoms with E-state index in [9.17, 15) is 14.4 Å². The Balaban J connectivity index is 1.42. The standard InChI is InChI=1S/C31H33FN8O/c1-40(2)14-4-6-27-30(34)37-20-29(38-27)22-9-7-21(8-10-22)17-36-19-28(23-11-12-26(32)25(15-23)16-33)39-31(41)24-5-3-13-35-18-24/h3,5,7-13,15,18,20,28,36H,4,6,14,17,19H2,1-2H3,(H2,34,37)(H,39,41)/t28-/m1/s1. The van der Waals surface area contributed by atoms with E-state index in [1.807, 2.05) is 44.4 Å². The fourth-order valence-electron chi connectivity index (χ4n) is 4.31. The first-order valence-electron chi connectivity index (χ1n) is 13.3. The van der Waals surface area contributed by atoms with Crippen molar-refractivity contribution >= 4 is 11.7 Å². The fourth-order valence-corrected chi connectivity index (χ4v) is 4.31. The molecule has 1 amide bonds. The summed E-state index contributed by atoms with van der Waals surface area (Å²) in [4.78, 5) is 28.1. The number of hydrogen-bond donors (Lipinski definition) is 3. The van der Waals surface area contributed by atoms with Crippen LogP contribution in [0.5, 0.6) is 0 Å². The second-order valence-electron chi connectivity index (χ2n) is 9.94. The van der Waals surface area contributed by atoms with E-state index in [-0.39, 0.29) is 11.5 Å². The Morgan fingerprint density at radius 3 is 2.66 bits per heavy atom. The van der Waals surface area contributed by atoms with Gasteiger partial charge in [0, 0.05) is 31.0 Å². The van der Waals surface area contributed by atoms with E-state index >= 15 is 0 Å². The average molecular weight is 553 g/mol. The van der Waals surface area contributed by atoms with Gasteiger partial charge in [0.2, 0.25) is 0 Å². The van der Waals surface area contributed by atoms with Crippen molar-refractivity contribution in [2.75, 3.05) is 32.9 Å². The highest BCUT2D eigenvalue weighted by Gasteiger charge is 2.18. The first kappa shape index (κ1) is 29.3. The smallest absolute Gasteiger partial charge is 0.253 e. The van der Waals surface area contributed by atoms with Crippen LogP contribution in [0.15, 0.2) is 73.2 Å². The second-order valence-corrected chi connectivity index (χ2v) is 9.94. The summed E-state index contributed by atoms with van der Waals surface area (Å²) in [6, 6.07) is 16.9. The number of hydrogen-bond acceptors (Lipinski definition) is 8. The third kappa shape index (κ3) is 8.14. The van der Waals surface area contributed by atoms with E-state index in [2.05, 4.69) is 25.5 Å². The molecule has 0 aliphatic heterocycles. The number of pyridine rings is 1. The molecule has 0 aliphatic rings. The van der Waals surface area contributed by atoms with Crippen molar-refractivity contribution in [1.29, 1.82) is 5.26 Å². The zero-order valence-corrected chi connectivity index (χ0v) is 23.1. The highest BCUT2D eigenvalue weighted by molar-refractivity contribution is 5.94. The SMILES string of the molecule is CN(C)CCCc1nc(-c2ccc(CNC[C@@H](NC(=O)c3cccnc3)c3ccc(F)c(C#N)c3)cc2)cnc1N. The molecule has 41 heavy (non-hydrogen) atoms. The number of carbonyl (C=O) groups excluding carboxylic acids is 1. The molecule has 4 rings (SSSR count). The lowest BCUT2D eigenvalue weighted by Gasteiger charge is -2.20. The normalized spacial score (nSPS) is 11.7. The Morgan fingerprint density at radius 2 is 1.95 bits per heavy atom. The number of carbonyl (C=O) groups is 1. The van der Waals surface area contributed by atoms with Gasteiger partial charge in [-0.25, -0.2) is 14.4 Å². The Kier molecular flexibility index (Phi) is 10.0. The molecule has 2 heterocycles. The number of nitriles is 1. The van der Waals surface area contributed by atoms with Crippen LogP contribution in [-0.2, 0) is 13.0 Å². The van der Waals surface area contributed by atoms with E-state index in [1.54, 1.807) is 30.6 Å². The molecule has 0 bridgehead atoms. The van der Waals surface area contributed by atoms with Crippen molar-refractivity contribution in [3.63, 3.8) is 0 Å². The largest absolute Gasteiger partial charge is 0.382 e. The molecule has 2 aromatic carbocycles. The molecule has 0 radical (unpaired) electrons. The molecule has 0 saturated carbocycles. The molecule has 1 atom stereocenters. The van der Waals surface area contributed by atoms with Crippen LogP contribution in [0.4, 0.5) is 10.2 Å². The third-order valence-electron chi connectivity index (χ3n) is 6.57. The first-order valence-corrected chi connectivity index (χ1v) is 13.3. The molecule has 2 aromatic heterocycles. The molecule has 0 fully saturated rings. The number of nitrogen functional groups attached to an aromatic ring is 1. The monoisotopic (exact) mass is 552 g/mol. The summed E-state index contributed by atoms with van der Waals surface area (Å²) < 4.78 is 14.0. The maximum absolute atomic E-state index is 14.0. The van der Waals surface area contributed by atoms with Gasteiger partial charge in [-0.2, -0.15) is 5.26 Å². The van der Waals surface area contributed by atoms with E-state index in [0.29, 0.717) is 30.0 Å². The van der Waals surface area contributed by atoms with Gasteiger partial charge in [0.15, 0.2) is 0 Å². The molecule has 210 valence electrons. The summed E-state index contributed by atoms with van der Waals surface area (Å²) in [6.45, 7) is 1.82. The number of nitrogens with one attached hydrogen (secondary N) is 2. The van der Waals surface area contributed by atoms with Gasteiger partial charge in [0.1, 0.15) is 17.7 Å². The quantitative estimate of drug-likeness (QED) is 0.241. The topological polar surface area (TPSA) is 133 Å².